The fourth-order valence-corrected chi connectivity index (χ4v) is 2.85. The minimum atomic E-state index is -0.728. The van der Waals surface area contributed by atoms with Gasteiger partial charge in [-0.15, -0.1) is 0 Å². The number of hydroxylamine groups is 2. The fraction of sp³-hybridized carbons (Fsp3) is 0.176. The minimum Gasteiger partial charge on any atom is -0.326 e. The Morgan fingerprint density at radius 1 is 1.20 bits per heavy atom. The van der Waals surface area contributed by atoms with E-state index in [-0.39, 0.29) is 18.4 Å². The van der Waals surface area contributed by atoms with Crippen molar-refractivity contribution in [3.05, 3.63) is 58.0 Å². The molecule has 1 aliphatic heterocycles. The second-order valence-electron chi connectivity index (χ2n) is 5.45. The van der Waals surface area contributed by atoms with E-state index < -0.39 is 6.23 Å². The molecule has 130 valence electrons. The molecular weight excluding hydrogens is 410 g/mol. The van der Waals surface area contributed by atoms with Crippen LogP contribution in [0, 0.1) is 0 Å². The monoisotopic (exact) mass is 423 g/mol. The van der Waals surface area contributed by atoms with Crippen LogP contribution in [0.25, 0.3) is 0 Å². The molecule has 1 heterocycles. The highest BCUT2D eigenvalue weighted by Gasteiger charge is 2.39. The maximum Gasteiger partial charge on any atom is 0.350 e. The first kappa shape index (κ1) is 17.7. The van der Waals surface area contributed by atoms with E-state index in [1.165, 1.54) is 11.9 Å². The summed E-state index contributed by atoms with van der Waals surface area (Å²) in [6, 6.07) is 13.7. The van der Waals surface area contributed by atoms with E-state index in [1.54, 1.807) is 36.4 Å². The number of halogens is 2. The van der Waals surface area contributed by atoms with Gasteiger partial charge in [-0.1, -0.05) is 27.5 Å². The van der Waals surface area contributed by atoms with Gasteiger partial charge in [0.15, 0.2) is 6.23 Å². The van der Waals surface area contributed by atoms with Crippen LogP contribution in [-0.4, -0.2) is 30.3 Å². The Kier molecular flexibility index (Phi) is 5.27. The molecular formula is C17H15BrClN3O3. The molecule has 3 amide bonds. The van der Waals surface area contributed by atoms with Crippen LogP contribution in [-0.2, 0) is 9.63 Å². The van der Waals surface area contributed by atoms with Gasteiger partial charge in [-0.25, -0.2) is 14.7 Å². The lowest BCUT2D eigenvalue weighted by atomic mass is 10.2. The maximum absolute atomic E-state index is 12.3. The van der Waals surface area contributed by atoms with Gasteiger partial charge < -0.3 is 5.32 Å². The van der Waals surface area contributed by atoms with Gasteiger partial charge in [-0.3, -0.25) is 9.69 Å². The number of amides is 3. The molecule has 1 fully saturated rings. The quantitative estimate of drug-likeness (QED) is 0.798. The summed E-state index contributed by atoms with van der Waals surface area (Å²) < 4.78 is 0.922. The summed E-state index contributed by atoms with van der Waals surface area (Å²) in [6.07, 6.45) is -0.733. The summed E-state index contributed by atoms with van der Waals surface area (Å²) in [5, 5.41) is 4.47. The van der Waals surface area contributed by atoms with Crippen LogP contribution < -0.4 is 10.2 Å². The number of nitrogens with zero attached hydrogens (tertiary/aromatic N) is 2. The van der Waals surface area contributed by atoms with Gasteiger partial charge in [0.2, 0.25) is 5.91 Å². The fourth-order valence-electron chi connectivity index (χ4n) is 2.46. The van der Waals surface area contributed by atoms with Crippen molar-refractivity contribution in [2.45, 2.75) is 12.6 Å². The number of urea groups is 1. The molecule has 1 aliphatic rings. The number of carbonyl (C=O) groups is 2. The summed E-state index contributed by atoms with van der Waals surface area (Å²) in [7, 11) is 1.51. The predicted molar refractivity (Wildman–Crippen MR) is 99.4 cm³/mol. The zero-order valence-corrected chi connectivity index (χ0v) is 15.6. The number of benzene rings is 2. The zero-order chi connectivity index (χ0) is 18.0. The second-order valence-corrected chi connectivity index (χ2v) is 6.80. The van der Waals surface area contributed by atoms with Crippen LogP contribution in [0.15, 0.2) is 53.0 Å². The summed E-state index contributed by atoms with van der Waals surface area (Å²) in [5.41, 5.74) is 1.28. The third-order valence-corrected chi connectivity index (χ3v) is 4.42. The highest BCUT2D eigenvalue weighted by molar-refractivity contribution is 9.10. The smallest absolute Gasteiger partial charge is 0.326 e. The van der Waals surface area contributed by atoms with Crippen LogP contribution in [0.2, 0.25) is 5.02 Å². The standard InChI is InChI=1S/C17H15BrClN3O3/c1-21-17(24)22(14-8-4-12(19)5-9-14)16(25-21)10-15(23)20-13-6-2-11(18)3-7-13/h2-9,16H,10H2,1H3,(H,20,23). The van der Waals surface area contributed by atoms with Gasteiger partial charge >= 0.3 is 6.03 Å². The van der Waals surface area contributed by atoms with Gasteiger partial charge in [0.05, 0.1) is 6.42 Å². The molecule has 1 unspecified atom stereocenters. The van der Waals surface area contributed by atoms with Crippen LogP contribution in [0.1, 0.15) is 6.42 Å². The summed E-state index contributed by atoms with van der Waals surface area (Å²) >= 11 is 9.24. The maximum atomic E-state index is 12.3. The van der Waals surface area contributed by atoms with E-state index in [4.69, 9.17) is 16.4 Å². The van der Waals surface area contributed by atoms with Crippen molar-refractivity contribution >= 4 is 50.8 Å². The average Bonchev–Trinajstić information content (AvgIpc) is 2.85. The average molecular weight is 425 g/mol. The molecule has 6 nitrogen and oxygen atoms in total. The molecule has 2 aromatic rings. The third kappa shape index (κ3) is 4.12. The zero-order valence-electron chi connectivity index (χ0n) is 13.3. The highest BCUT2D eigenvalue weighted by Crippen LogP contribution is 2.28. The lowest BCUT2D eigenvalue weighted by Crippen LogP contribution is -2.36. The lowest BCUT2D eigenvalue weighted by molar-refractivity contribution is -0.129. The largest absolute Gasteiger partial charge is 0.350 e. The first-order valence-corrected chi connectivity index (χ1v) is 8.66. The van der Waals surface area contributed by atoms with Gasteiger partial charge in [0.25, 0.3) is 0 Å². The molecule has 25 heavy (non-hydrogen) atoms. The predicted octanol–water partition coefficient (Wildman–Crippen LogP) is 4.26. The minimum absolute atomic E-state index is 0.00519. The summed E-state index contributed by atoms with van der Waals surface area (Å²) in [5.74, 6) is -0.255. The van der Waals surface area contributed by atoms with Crippen molar-refractivity contribution in [1.29, 1.82) is 0 Å². The van der Waals surface area contributed by atoms with Gasteiger partial charge in [0.1, 0.15) is 0 Å². The van der Waals surface area contributed by atoms with Crippen molar-refractivity contribution in [1.82, 2.24) is 5.06 Å². The number of hydrogen-bond acceptors (Lipinski definition) is 3. The summed E-state index contributed by atoms with van der Waals surface area (Å²) in [6.45, 7) is 0. The second kappa shape index (κ2) is 7.43. The van der Waals surface area contributed by atoms with Crippen molar-refractivity contribution in [2.75, 3.05) is 17.3 Å². The highest BCUT2D eigenvalue weighted by atomic mass is 79.9. The first-order chi connectivity index (χ1) is 11.9. The first-order valence-electron chi connectivity index (χ1n) is 7.49. The Hall–Kier alpha value is -2.09. The number of hydrogen-bond donors (Lipinski definition) is 1. The summed E-state index contributed by atoms with van der Waals surface area (Å²) in [4.78, 5) is 31.6. The van der Waals surface area contributed by atoms with Crippen molar-refractivity contribution in [3.63, 3.8) is 0 Å². The molecule has 0 radical (unpaired) electrons. The molecule has 0 bridgehead atoms. The SMILES string of the molecule is CN1OC(CC(=O)Nc2ccc(Br)cc2)N(c2ccc(Cl)cc2)C1=O. The third-order valence-electron chi connectivity index (χ3n) is 3.64. The molecule has 0 spiro atoms. The lowest BCUT2D eigenvalue weighted by Gasteiger charge is -2.20. The topological polar surface area (TPSA) is 61.9 Å². The number of anilines is 2. The van der Waals surface area contributed by atoms with Crippen LogP contribution in [0.4, 0.5) is 16.2 Å². The molecule has 2 aromatic carbocycles. The van der Waals surface area contributed by atoms with Crippen molar-refractivity contribution in [3.8, 4) is 0 Å². The van der Waals surface area contributed by atoms with E-state index in [0.717, 1.165) is 9.54 Å². The normalized spacial score (nSPS) is 17.1. The molecule has 1 atom stereocenters. The van der Waals surface area contributed by atoms with E-state index in [9.17, 15) is 9.59 Å². The van der Waals surface area contributed by atoms with Crippen LogP contribution >= 0.6 is 27.5 Å². The van der Waals surface area contributed by atoms with Crippen LogP contribution in [0.3, 0.4) is 0 Å². The van der Waals surface area contributed by atoms with Crippen molar-refractivity contribution < 1.29 is 14.4 Å². The Bertz CT molecular complexity index is 783. The van der Waals surface area contributed by atoms with Gasteiger partial charge in [-0.05, 0) is 48.5 Å². The van der Waals surface area contributed by atoms with E-state index in [0.29, 0.717) is 16.4 Å². The number of rotatable bonds is 4. The molecule has 0 aromatic heterocycles. The number of carbonyl (C=O) groups excluding carboxylic acids is 2. The molecule has 0 saturated carbocycles. The Morgan fingerprint density at radius 3 is 2.48 bits per heavy atom. The molecule has 8 heteroatoms. The van der Waals surface area contributed by atoms with Gasteiger partial charge in [0, 0.05) is 27.9 Å². The van der Waals surface area contributed by atoms with E-state index in [1.807, 2.05) is 12.1 Å². The Balaban J connectivity index is 1.72. The molecule has 0 aliphatic carbocycles. The molecule has 3 rings (SSSR count). The van der Waals surface area contributed by atoms with Crippen molar-refractivity contribution in [2.24, 2.45) is 0 Å². The van der Waals surface area contributed by atoms with E-state index >= 15 is 0 Å². The molecule has 1 N–H and O–H groups in total. The number of nitrogens with one attached hydrogen (secondary N) is 1. The Labute approximate surface area is 158 Å². The molecule has 1 saturated heterocycles. The van der Waals surface area contributed by atoms with E-state index in [2.05, 4.69) is 21.2 Å². The van der Waals surface area contributed by atoms with Gasteiger partial charge in [-0.2, -0.15) is 0 Å². The Morgan fingerprint density at radius 2 is 1.84 bits per heavy atom. The van der Waals surface area contributed by atoms with Crippen LogP contribution in [0.5, 0.6) is 0 Å².